The molecule has 2 aromatic rings. The Hall–Kier alpha value is -1.53. The van der Waals surface area contributed by atoms with E-state index in [0.717, 1.165) is 5.69 Å². The highest BCUT2D eigenvalue weighted by atomic mass is 79.9. The van der Waals surface area contributed by atoms with Gasteiger partial charge in [-0.25, -0.2) is 4.79 Å². The number of nitrogens with one attached hydrogen (secondary N) is 2. The molecule has 1 heterocycles. The van der Waals surface area contributed by atoms with Crippen LogP contribution in [0.2, 0.25) is 5.02 Å². The van der Waals surface area contributed by atoms with Gasteiger partial charge in [0.2, 0.25) is 0 Å². The van der Waals surface area contributed by atoms with Crippen LogP contribution in [0.1, 0.15) is 0 Å². The van der Waals surface area contributed by atoms with Gasteiger partial charge in [-0.3, -0.25) is 14.3 Å². The van der Waals surface area contributed by atoms with Crippen molar-refractivity contribution in [3.05, 3.63) is 60.8 Å². The Labute approximate surface area is 122 Å². The van der Waals surface area contributed by atoms with Gasteiger partial charge in [-0.05, 0) is 40.2 Å². The minimum atomic E-state index is -0.425. The molecule has 0 unspecified atom stereocenters. The van der Waals surface area contributed by atoms with Crippen LogP contribution in [0.25, 0.3) is 0 Å². The summed E-state index contributed by atoms with van der Waals surface area (Å²) in [5.74, 6) is 0. The molecule has 0 radical (unpaired) electrons. The normalized spacial score (nSPS) is 10.4. The molecule has 7 heteroatoms. The van der Waals surface area contributed by atoms with Crippen LogP contribution in [-0.4, -0.2) is 16.1 Å². The number of hydrogen-bond donors (Lipinski definition) is 2. The zero-order valence-electron chi connectivity index (χ0n) is 9.82. The lowest BCUT2D eigenvalue weighted by molar-refractivity contribution is 0.666. The summed E-state index contributed by atoms with van der Waals surface area (Å²) in [5, 5.41) is 3.83. The average Bonchev–Trinajstić information content (AvgIpc) is 2.38. The molecule has 1 aromatic heterocycles. The monoisotopic (exact) mass is 343 g/mol. The maximum Gasteiger partial charge on any atom is 0.328 e. The third-order valence-corrected chi connectivity index (χ3v) is 3.31. The molecule has 0 saturated heterocycles. The molecule has 2 rings (SSSR count). The topological polar surface area (TPSA) is 66.9 Å². The summed E-state index contributed by atoms with van der Waals surface area (Å²) in [6.45, 7) is 0.997. The third-order valence-electron chi connectivity index (χ3n) is 2.49. The molecular weight excluding hydrogens is 334 g/mol. The molecule has 0 spiro atoms. The number of H-pyrrole nitrogens is 1. The van der Waals surface area contributed by atoms with E-state index in [4.69, 9.17) is 11.6 Å². The largest absolute Gasteiger partial charge is 0.383 e. The number of halogens is 2. The predicted octanol–water partition coefficient (Wildman–Crippen LogP) is 2.06. The van der Waals surface area contributed by atoms with Crippen molar-refractivity contribution in [1.82, 2.24) is 9.55 Å². The first-order valence-corrected chi connectivity index (χ1v) is 6.72. The van der Waals surface area contributed by atoms with Crippen LogP contribution in [-0.2, 0) is 6.54 Å². The fourth-order valence-corrected chi connectivity index (χ4v) is 2.01. The predicted molar refractivity (Wildman–Crippen MR) is 79.0 cm³/mol. The number of benzene rings is 1. The Morgan fingerprint density at radius 2 is 1.95 bits per heavy atom. The Kier molecular flexibility index (Phi) is 4.44. The Balaban J connectivity index is 2.00. The van der Waals surface area contributed by atoms with Crippen molar-refractivity contribution in [1.29, 1.82) is 0 Å². The van der Waals surface area contributed by atoms with E-state index in [0.29, 0.717) is 22.6 Å². The lowest BCUT2D eigenvalue weighted by Crippen LogP contribution is -2.31. The molecule has 0 aliphatic rings. The maximum absolute atomic E-state index is 11.5. The van der Waals surface area contributed by atoms with Gasteiger partial charge in [-0.2, -0.15) is 0 Å². The second kappa shape index (κ2) is 6.08. The van der Waals surface area contributed by atoms with Gasteiger partial charge < -0.3 is 5.32 Å². The lowest BCUT2D eigenvalue weighted by atomic mass is 10.3. The van der Waals surface area contributed by atoms with Gasteiger partial charge in [0.1, 0.15) is 0 Å². The highest BCUT2D eigenvalue weighted by molar-refractivity contribution is 9.10. The van der Waals surface area contributed by atoms with Crippen LogP contribution in [0.5, 0.6) is 0 Å². The minimum absolute atomic E-state index is 0.332. The molecule has 2 N–H and O–H groups in total. The van der Waals surface area contributed by atoms with Gasteiger partial charge in [0.05, 0.1) is 4.47 Å². The van der Waals surface area contributed by atoms with E-state index in [2.05, 4.69) is 26.2 Å². The van der Waals surface area contributed by atoms with Crippen molar-refractivity contribution in [3.63, 3.8) is 0 Å². The first-order valence-electron chi connectivity index (χ1n) is 5.55. The molecule has 0 fully saturated rings. The van der Waals surface area contributed by atoms with Crippen molar-refractivity contribution in [3.8, 4) is 0 Å². The SMILES string of the molecule is O=c1[nH]c(=O)n(CCNc2ccc(Cl)cc2)cc1Br. The highest BCUT2D eigenvalue weighted by Gasteiger charge is 2.01. The van der Waals surface area contributed by atoms with Gasteiger partial charge in [0.15, 0.2) is 0 Å². The molecule has 0 amide bonds. The summed E-state index contributed by atoms with van der Waals surface area (Å²) in [4.78, 5) is 24.9. The first kappa shape index (κ1) is 13.9. The Morgan fingerprint density at radius 1 is 1.26 bits per heavy atom. The zero-order chi connectivity index (χ0) is 13.8. The van der Waals surface area contributed by atoms with Crippen molar-refractivity contribution >= 4 is 33.2 Å². The van der Waals surface area contributed by atoms with Crippen LogP contribution in [0.4, 0.5) is 5.69 Å². The van der Waals surface area contributed by atoms with Gasteiger partial charge in [-0.1, -0.05) is 11.6 Å². The molecule has 0 saturated carbocycles. The number of rotatable bonds is 4. The van der Waals surface area contributed by atoms with Crippen molar-refractivity contribution in [2.45, 2.75) is 6.54 Å². The van der Waals surface area contributed by atoms with Crippen LogP contribution in [0.3, 0.4) is 0 Å². The summed E-state index contributed by atoms with van der Waals surface area (Å²) in [6.07, 6.45) is 1.48. The van der Waals surface area contributed by atoms with Gasteiger partial charge in [0.25, 0.3) is 5.56 Å². The summed E-state index contributed by atoms with van der Waals surface area (Å²) < 4.78 is 1.76. The second-order valence-electron chi connectivity index (χ2n) is 3.86. The lowest BCUT2D eigenvalue weighted by Gasteiger charge is -2.08. The molecular formula is C12H11BrClN3O2. The van der Waals surface area contributed by atoms with Crippen molar-refractivity contribution in [2.24, 2.45) is 0 Å². The number of nitrogens with zero attached hydrogens (tertiary/aromatic N) is 1. The average molecular weight is 345 g/mol. The number of anilines is 1. The highest BCUT2D eigenvalue weighted by Crippen LogP contribution is 2.12. The van der Waals surface area contributed by atoms with E-state index >= 15 is 0 Å². The number of aromatic amines is 1. The van der Waals surface area contributed by atoms with E-state index < -0.39 is 11.2 Å². The molecule has 5 nitrogen and oxygen atoms in total. The van der Waals surface area contributed by atoms with Crippen LogP contribution < -0.4 is 16.6 Å². The quantitative estimate of drug-likeness (QED) is 0.892. The van der Waals surface area contributed by atoms with Crippen LogP contribution in [0.15, 0.2) is 44.5 Å². The van der Waals surface area contributed by atoms with Crippen LogP contribution in [0, 0.1) is 0 Å². The fourth-order valence-electron chi connectivity index (χ4n) is 1.54. The standard InChI is InChI=1S/C12H11BrClN3O2/c13-10-7-17(12(19)16-11(10)18)6-5-15-9-3-1-8(14)2-4-9/h1-4,7,15H,5-6H2,(H,16,18,19). The van der Waals surface area contributed by atoms with E-state index in [1.807, 2.05) is 12.1 Å². The number of hydrogen-bond acceptors (Lipinski definition) is 3. The Morgan fingerprint density at radius 3 is 2.63 bits per heavy atom. The molecule has 0 aliphatic carbocycles. The molecule has 0 aliphatic heterocycles. The maximum atomic E-state index is 11.5. The number of aromatic nitrogens is 2. The third kappa shape index (κ3) is 3.71. The molecule has 100 valence electrons. The van der Waals surface area contributed by atoms with Crippen LogP contribution >= 0.6 is 27.5 Å². The van der Waals surface area contributed by atoms with Gasteiger partial charge >= 0.3 is 5.69 Å². The van der Waals surface area contributed by atoms with E-state index in [1.165, 1.54) is 10.8 Å². The van der Waals surface area contributed by atoms with Crippen molar-refractivity contribution < 1.29 is 0 Å². The zero-order valence-corrected chi connectivity index (χ0v) is 12.2. The molecule has 19 heavy (non-hydrogen) atoms. The first-order chi connectivity index (χ1) is 9.06. The van der Waals surface area contributed by atoms with Gasteiger partial charge in [0, 0.05) is 30.0 Å². The second-order valence-corrected chi connectivity index (χ2v) is 5.15. The fraction of sp³-hybridized carbons (Fsp3) is 0.167. The summed E-state index contributed by atoms with van der Waals surface area (Å²) in [5.41, 5.74) is 0.0685. The van der Waals surface area contributed by atoms with Gasteiger partial charge in [-0.15, -0.1) is 0 Å². The van der Waals surface area contributed by atoms with E-state index in [-0.39, 0.29) is 0 Å². The van der Waals surface area contributed by atoms with E-state index in [9.17, 15) is 9.59 Å². The smallest absolute Gasteiger partial charge is 0.328 e. The summed E-state index contributed by atoms with van der Waals surface area (Å²) in [6, 6.07) is 7.28. The van der Waals surface area contributed by atoms with Crippen molar-refractivity contribution in [2.75, 3.05) is 11.9 Å². The Bertz CT molecular complexity index is 679. The molecule has 0 atom stereocenters. The summed E-state index contributed by atoms with van der Waals surface area (Å²) >= 11 is 8.87. The molecule has 0 bridgehead atoms. The summed E-state index contributed by atoms with van der Waals surface area (Å²) in [7, 11) is 0. The van der Waals surface area contributed by atoms with E-state index in [1.54, 1.807) is 12.1 Å². The minimum Gasteiger partial charge on any atom is -0.383 e. The molecule has 1 aromatic carbocycles.